The van der Waals surface area contributed by atoms with Crippen LogP contribution in [0.25, 0.3) is 154 Å². The quantitative estimate of drug-likeness (QED) is 0.142. The van der Waals surface area contributed by atoms with Crippen molar-refractivity contribution in [1.82, 2.24) is 18.7 Å². The van der Waals surface area contributed by atoms with Gasteiger partial charge in [0.15, 0.2) is 0 Å². The van der Waals surface area contributed by atoms with Crippen LogP contribution in [0.4, 0.5) is 11.4 Å². The van der Waals surface area contributed by atoms with Crippen molar-refractivity contribution in [2.45, 2.75) is 12.8 Å². The summed E-state index contributed by atoms with van der Waals surface area (Å²) in [6.45, 7) is 0. The molecule has 1 aliphatic carbocycles. The van der Waals surface area contributed by atoms with Crippen LogP contribution < -0.4 is 4.90 Å². The van der Waals surface area contributed by atoms with Crippen molar-refractivity contribution in [1.29, 1.82) is 0 Å². The molecular formula is C85H55N5. The molecule has 0 saturated carbocycles. The van der Waals surface area contributed by atoms with Gasteiger partial charge in [-0.2, -0.15) is 0 Å². The van der Waals surface area contributed by atoms with E-state index in [0.717, 1.165) is 96.5 Å². The predicted molar refractivity (Wildman–Crippen MR) is 379 cm³/mol. The number of benzene rings is 14. The van der Waals surface area contributed by atoms with Crippen molar-refractivity contribution in [2.24, 2.45) is 0 Å². The van der Waals surface area contributed by atoms with Crippen molar-refractivity contribution in [3.05, 3.63) is 320 Å². The van der Waals surface area contributed by atoms with Crippen molar-refractivity contribution in [3.63, 3.8) is 0 Å². The van der Waals surface area contributed by atoms with Crippen LogP contribution in [-0.4, -0.2) is 18.7 Å². The lowest BCUT2D eigenvalue weighted by Gasteiger charge is -2.31. The zero-order chi connectivity index (χ0) is 59.0. The van der Waals surface area contributed by atoms with Crippen LogP contribution in [0, 0.1) is 0 Å². The minimum atomic E-state index is 0.933. The minimum absolute atomic E-state index is 0.933. The van der Waals surface area contributed by atoms with E-state index in [1.807, 2.05) is 0 Å². The van der Waals surface area contributed by atoms with Gasteiger partial charge in [-0.1, -0.05) is 194 Å². The number of hydrogen-bond donors (Lipinski definition) is 0. The van der Waals surface area contributed by atoms with Gasteiger partial charge in [-0.25, -0.2) is 4.98 Å². The molecule has 0 unspecified atom stereocenters. The van der Waals surface area contributed by atoms with Crippen LogP contribution in [0.3, 0.4) is 0 Å². The molecule has 5 nitrogen and oxygen atoms in total. The third-order valence-corrected chi connectivity index (χ3v) is 19.2. The molecule has 0 spiro atoms. The van der Waals surface area contributed by atoms with E-state index in [1.54, 1.807) is 0 Å². The Morgan fingerprint density at radius 2 is 0.811 bits per heavy atom. The number of nitrogens with zero attached hydrogens (tertiary/aromatic N) is 5. The van der Waals surface area contributed by atoms with E-state index in [1.165, 1.54) is 92.6 Å². The number of fused-ring (bicyclic) bond motifs is 16. The molecule has 0 saturated heterocycles. The van der Waals surface area contributed by atoms with Gasteiger partial charge in [0.25, 0.3) is 0 Å². The van der Waals surface area contributed by atoms with Crippen molar-refractivity contribution in [3.8, 4) is 39.4 Å². The SMILES string of the molecule is C1=C(N(c2ccc(-n3c4ccccc4c4cc(-c5cc(-c6ccc7c(c6)c6ccccc6n7-c6nc7ccccc7c7ccccc67)cc(-n6c7ccccc7c7c8ccccc8ccc76)c5)ccc43)cc2)c2ccc3ccccc3c2)CCc2ccccc21. The molecule has 18 aromatic rings. The van der Waals surface area contributed by atoms with Crippen LogP contribution in [0.5, 0.6) is 0 Å². The maximum Gasteiger partial charge on any atom is 0.146 e. The Kier molecular flexibility index (Phi) is 11.1. The Bertz CT molecular complexity index is 6050. The summed E-state index contributed by atoms with van der Waals surface area (Å²) < 4.78 is 7.31. The number of rotatable bonds is 8. The first-order valence-electron chi connectivity index (χ1n) is 31.2. The molecule has 14 aromatic carbocycles. The van der Waals surface area contributed by atoms with Crippen LogP contribution >= 0.6 is 0 Å². The lowest BCUT2D eigenvalue weighted by atomic mass is 9.94. The Morgan fingerprint density at radius 3 is 1.56 bits per heavy atom. The largest absolute Gasteiger partial charge is 0.314 e. The van der Waals surface area contributed by atoms with Gasteiger partial charge in [0.2, 0.25) is 0 Å². The first kappa shape index (κ1) is 50.4. The molecule has 0 bridgehead atoms. The van der Waals surface area contributed by atoms with Gasteiger partial charge in [0, 0.05) is 71.5 Å². The smallest absolute Gasteiger partial charge is 0.146 e. The topological polar surface area (TPSA) is 30.9 Å². The molecule has 4 heterocycles. The summed E-state index contributed by atoms with van der Waals surface area (Å²) in [6.07, 6.45) is 4.34. The Morgan fingerprint density at radius 1 is 0.289 bits per heavy atom. The third-order valence-electron chi connectivity index (χ3n) is 19.2. The van der Waals surface area contributed by atoms with Crippen LogP contribution in [-0.2, 0) is 6.42 Å². The molecule has 0 atom stereocenters. The predicted octanol–water partition coefficient (Wildman–Crippen LogP) is 22.4. The number of anilines is 2. The molecule has 420 valence electrons. The fourth-order valence-corrected chi connectivity index (χ4v) is 15.1. The normalized spacial score (nSPS) is 12.6. The molecule has 19 rings (SSSR count). The van der Waals surface area contributed by atoms with E-state index in [2.05, 4.69) is 328 Å². The van der Waals surface area contributed by atoms with E-state index in [9.17, 15) is 0 Å². The highest BCUT2D eigenvalue weighted by Gasteiger charge is 2.24. The Balaban J connectivity index is 0.785. The number of para-hydroxylation sites is 4. The van der Waals surface area contributed by atoms with Gasteiger partial charge >= 0.3 is 0 Å². The lowest BCUT2D eigenvalue weighted by molar-refractivity contribution is 0.894. The number of hydrogen-bond acceptors (Lipinski definition) is 2. The van der Waals surface area contributed by atoms with Crippen LogP contribution in [0.2, 0.25) is 0 Å². The summed E-state index contributed by atoms with van der Waals surface area (Å²) in [5, 5.41) is 15.7. The van der Waals surface area contributed by atoms with Gasteiger partial charge < -0.3 is 14.0 Å². The van der Waals surface area contributed by atoms with E-state index in [4.69, 9.17) is 4.98 Å². The van der Waals surface area contributed by atoms with E-state index in [0.29, 0.717) is 0 Å². The maximum absolute atomic E-state index is 5.44. The van der Waals surface area contributed by atoms with Crippen molar-refractivity contribution >= 4 is 126 Å². The first-order chi connectivity index (χ1) is 44.6. The number of aryl methyl sites for hydroxylation is 1. The standard InChI is InChI=1S/C85H55N5/c1-3-20-57-48-65(38-33-54(57)17-1)87(66-39-34-55-18-2-4-21-58(55)49-66)63-40-42-64(43-41-63)88-78-30-14-10-25-71(78)75-52-59(36-44-81(75)88)61-47-62(51-67(50-61)89-80-32-16-12-28-74(80)84-68-22-6-5-19-56(68)35-46-83(84)89)60-37-45-82-76(53-60)72-26-11-15-31-79(72)90(82)85-73-27-8-7-23-69(73)70-24-9-13-29-77(70)86-85/h1-33,35-38,40-53H,34,39H2. The highest BCUT2D eigenvalue weighted by Crippen LogP contribution is 2.45. The average Bonchev–Trinajstić information content (AvgIpc) is 1.74. The zero-order valence-corrected chi connectivity index (χ0v) is 49.1. The van der Waals surface area contributed by atoms with E-state index in [-0.39, 0.29) is 0 Å². The molecule has 0 fully saturated rings. The fourth-order valence-electron chi connectivity index (χ4n) is 15.1. The lowest BCUT2D eigenvalue weighted by Crippen LogP contribution is -2.19. The molecule has 4 aromatic heterocycles. The van der Waals surface area contributed by atoms with Crippen molar-refractivity contribution in [2.75, 3.05) is 4.90 Å². The second kappa shape index (κ2) is 19.9. The van der Waals surface area contributed by atoms with Gasteiger partial charge in [-0.3, -0.25) is 4.57 Å². The van der Waals surface area contributed by atoms with Crippen LogP contribution in [0.15, 0.2) is 309 Å². The molecule has 90 heavy (non-hydrogen) atoms. The number of pyridine rings is 1. The summed E-state index contributed by atoms with van der Waals surface area (Å²) in [5.41, 5.74) is 21.0. The molecule has 0 aliphatic heterocycles. The van der Waals surface area contributed by atoms with E-state index < -0.39 is 0 Å². The highest BCUT2D eigenvalue weighted by atomic mass is 15.2. The average molecular weight is 1150 g/mol. The molecule has 0 radical (unpaired) electrons. The second-order valence-corrected chi connectivity index (χ2v) is 24.2. The third kappa shape index (κ3) is 7.79. The van der Waals surface area contributed by atoms with E-state index >= 15 is 0 Å². The molecular weight excluding hydrogens is 1090 g/mol. The summed E-state index contributed by atoms with van der Waals surface area (Å²) in [5.74, 6) is 0.933. The fraction of sp³-hybridized carbons (Fsp3) is 0.0235. The van der Waals surface area contributed by atoms with Gasteiger partial charge in [-0.15, -0.1) is 0 Å². The van der Waals surface area contributed by atoms with Crippen molar-refractivity contribution < 1.29 is 0 Å². The zero-order valence-electron chi connectivity index (χ0n) is 49.1. The van der Waals surface area contributed by atoms with Gasteiger partial charge in [0.05, 0.1) is 38.6 Å². The summed E-state index contributed by atoms with van der Waals surface area (Å²) >= 11 is 0. The molecule has 1 aliphatic rings. The minimum Gasteiger partial charge on any atom is -0.314 e. The first-order valence-corrected chi connectivity index (χ1v) is 31.2. The molecule has 5 heteroatoms. The highest BCUT2D eigenvalue weighted by molar-refractivity contribution is 6.22. The summed E-state index contributed by atoms with van der Waals surface area (Å²) in [4.78, 5) is 7.91. The molecule has 0 amide bonds. The van der Waals surface area contributed by atoms with Crippen LogP contribution in [0.1, 0.15) is 17.5 Å². The number of aromatic nitrogens is 4. The van der Waals surface area contributed by atoms with Gasteiger partial charge in [0.1, 0.15) is 5.82 Å². The molecule has 0 N–H and O–H groups in total. The summed E-state index contributed by atoms with van der Waals surface area (Å²) in [6, 6.07) is 112. The maximum atomic E-state index is 5.44. The number of allylic oxidation sites excluding steroid dienone is 1. The Hall–Kier alpha value is -11.8. The second-order valence-electron chi connectivity index (χ2n) is 24.2. The Labute approximate surface area is 519 Å². The monoisotopic (exact) mass is 1150 g/mol. The summed E-state index contributed by atoms with van der Waals surface area (Å²) in [7, 11) is 0. The van der Waals surface area contributed by atoms with Gasteiger partial charge in [-0.05, 0) is 188 Å².